The average Bonchev–Trinajstić information content (AvgIpc) is 2.83. The number of ether oxygens (including phenoxy) is 1. The predicted molar refractivity (Wildman–Crippen MR) is 122 cm³/mol. The smallest absolute Gasteiger partial charge is 0.261 e. The van der Waals surface area contributed by atoms with Gasteiger partial charge < -0.3 is 9.57 Å². The first-order valence-corrected chi connectivity index (χ1v) is 10.4. The van der Waals surface area contributed by atoms with E-state index in [0.717, 1.165) is 11.1 Å². The van der Waals surface area contributed by atoms with E-state index in [-0.39, 0.29) is 25.0 Å². The number of carbonyl (C=O) groups is 2. The van der Waals surface area contributed by atoms with E-state index >= 15 is 0 Å². The summed E-state index contributed by atoms with van der Waals surface area (Å²) >= 11 is 5.89. The SMILES string of the molecule is COc1ccc(CN2C(=O)c3ccccc3[C@@H](/C=N\OCc3ccc(Cl)cc3)C2=O)cc1. The molecule has 1 heterocycles. The molecule has 0 saturated carbocycles. The van der Waals surface area contributed by atoms with Gasteiger partial charge in [-0.3, -0.25) is 14.5 Å². The van der Waals surface area contributed by atoms with Gasteiger partial charge in [0.1, 0.15) is 18.3 Å². The third kappa shape index (κ3) is 4.65. The van der Waals surface area contributed by atoms with Crippen molar-refractivity contribution in [2.24, 2.45) is 5.16 Å². The third-order valence-electron chi connectivity index (χ3n) is 5.23. The molecule has 0 aromatic heterocycles. The van der Waals surface area contributed by atoms with Crippen molar-refractivity contribution in [3.63, 3.8) is 0 Å². The van der Waals surface area contributed by atoms with Gasteiger partial charge in [0.05, 0.1) is 19.9 Å². The molecule has 0 spiro atoms. The lowest BCUT2D eigenvalue weighted by molar-refractivity contribution is -0.129. The van der Waals surface area contributed by atoms with Crippen LogP contribution in [0.4, 0.5) is 0 Å². The van der Waals surface area contributed by atoms with Gasteiger partial charge in [-0.1, -0.05) is 59.2 Å². The molecule has 7 heteroatoms. The second kappa shape index (κ2) is 9.66. The quantitative estimate of drug-likeness (QED) is 0.295. The Labute approximate surface area is 191 Å². The second-order valence-corrected chi connectivity index (χ2v) is 7.73. The van der Waals surface area contributed by atoms with E-state index in [4.69, 9.17) is 21.2 Å². The summed E-state index contributed by atoms with van der Waals surface area (Å²) in [7, 11) is 1.59. The van der Waals surface area contributed by atoms with Crippen LogP contribution in [0.3, 0.4) is 0 Å². The van der Waals surface area contributed by atoms with Crippen molar-refractivity contribution >= 4 is 29.6 Å². The first kappa shape index (κ1) is 21.6. The van der Waals surface area contributed by atoms with Crippen molar-refractivity contribution in [1.29, 1.82) is 0 Å². The Balaban J connectivity index is 1.53. The molecule has 1 aliphatic rings. The van der Waals surface area contributed by atoms with Gasteiger partial charge in [0.2, 0.25) is 5.91 Å². The Morgan fingerprint density at radius 2 is 1.66 bits per heavy atom. The topological polar surface area (TPSA) is 68.2 Å². The minimum absolute atomic E-state index is 0.159. The van der Waals surface area contributed by atoms with Crippen LogP contribution in [0.25, 0.3) is 0 Å². The number of oxime groups is 1. The third-order valence-corrected chi connectivity index (χ3v) is 5.48. The molecule has 6 nitrogen and oxygen atoms in total. The van der Waals surface area contributed by atoms with Crippen LogP contribution >= 0.6 is 11.6 Å². The van der Waals surface area contributed by atoms with Crippen molar-refractivity contribution in [3.05, 3.63) is 100 Å². The zero-order valence-corrected chi connectivity index (χ0v) is 18.2. The highest BCUT2D eigenvalue weighted by atomic mass is 35.5. The molecule has 3 aromatic rings. The van der Waals surface area contributed by atoms with Crippen LogP contribution in [0.15, 0.2) is 78.0 Å². The lowest BCUT2D eigenvalue weighted by Gasteiger charge is -2.30. The first-order valence-electron chi connectivity index (χ1n) is 10.0. The van der Waals surface area contributed by atoms with E-state index in [0.29, 0.717) is 21.9 Å². The van der Waals surface area contributed by atoms with Crippen LogP contribution in [0.5, 0.6) is 5.75 Å². The Kier molecular flexibility index (Phi) is 6.52. The summed E-state index contributed by atoms with van der Waals surface area (Å²) in [5.74, 6) is -0.679. The van der Waals surface area contributed by atoms with Gasteiger partial charge in [0.15, 0.2) is 0 Å². The number of halogens is 1. The van der Waals surface area contributed by atoms with E-state index in [1.165, 1.54) is 11.1 Å². The Hall–Kier alpha value is -3.64. The van der Waals surface area contributed by atoms with Crippen LogP contribution in [-0.4, -0.2) is 30.0 Å². The highest BCUT2D eigenvalue weighted by Crippen LogP contribution is 2.29. The van der Waals surface area contributed by atoms with Gasteiger partial charge in [0.25, 0.3) is 5.91 Å². The number of fused-ring (bicyclic) bond motifs is 1. The lowest BCUT2D eigenvalue weighted by Crippen LogP contribution is -2.44. The molecule has 1 aliphatic heterocycles. The van der Waals surface area contributed by atoms with E-state index in [1.54, 1.807) is 55.6 Å². The van der Waals surface area contributed by atoms with Crippen LogP contribution in [0, 0.1) is 0 Å². The number of imide groups is 1. The van der Waals surface area contributed by atoms with Gasteiger partial charge in [-0.2, -0.15) is 0 Å². The van der Waals surface area contributed by atoms with Crippen LogP contribution in [-0.2, 0) is 22.8 Å². The predicted octanol–water partition coefficient (Wildman–Crippen LogP) is 4.82. The summed E-state index contributed by atoms with van der Waals surface area (Å²) in [6.45, 7) is 0.399. The molecule has 0 unspecified atom stereocenters. The largest absolute Gasteiger partial charge is 0.497 e. The van der Waals surface area contributed by atoms with Gasteiger partial charge >= 0.3 is 0 Å². The van der Waals surface area contributed by atoms with Crippen molar-refractivity contribution < 1.29 is 19.2 Å². The maximum absolute atomic E-state index is 13.2. The fourth-order valence-corrected chi connectivity index (χ4v) is 3.64. The molecule has 0 radical (unpaired) electrons. The van der Waals surface area contributed by atoms with E-state index in [2.05, 4.69) is 5.16 Å². The number of carbonyl (C=O) groups excluding carboxylic acids is 2. The summed E-state index contributed by atoms with van der Waals surface area (Å²) < 4.78 is 5.17. The molecule has 0 aliphatic carbocycles. The summed E-state index contributed by atoms with van der Waals surface area (Å²) in [6.07, 6.45) is 1.45. The number of hydrogen-bond acceptors (Lipinski definition) is 5. The monoisotopic (exact) mass is 448 g/mol. The summed E-state index contributed by atoms with van der Waals surface area (Å²) in [5.41, 5.74) is 2.82. The maximum atomic E-state index is 13.2. The van der Waals surface area contributed by atoms with E-state index in [1.807, 2.05) is 24.3 Å². The molecule has 4 rings (SSSR count). The average molecular weight is 449 g/mol. The molecule has 1 atom stereocenters. The van der Waals surface area contributed by atoms with Gasteiger partial charge in [0, 0.05) is 10.6 Å². The summed E-state index contributed by atoms with van der Waals surface area (Å²) in [6, 6.07) is 21.6. The standard InChI is InChI=1S/C25H21ClN2O4/c1-31-20-12-8-17(9-13-20)15-28-24(29)22-5-3-2-4-21(22)23(25(28)30)14-27-32-16-18-6-10-19(26)11-7-18/h2-14,23H,15-16H2,1H3/b27-14-/t23-/m1/s1. The molecule has 3 aromatic carbocycles. The Morgan fingerprint density at radius 1 is 0.969 bits per heavy atom. The molecule has 162 valence electrons. The van der Waals surface area contributed by atoms with Crippen molar-refractivity contribution in [3.8, 4) is 5.75 Å². The van der Waals surface area contributed by atoms with Gasteiger partial charge in [-0.25, -0.2) is 0 Å². The van der Waals surface area contributed by atoms with Gasteiger partial charge in [-0.05, 0) is 47.0 Å². The number of amides is 2. The van der Waals surface area contributed by atoms with Crippen molar-refractivity contribution in [1.82, 2.24) is 4.90 Å². The molecule has 32 heavy (non-hydrogen) atoms. The molecule has 0 bridgehead atoms. The zero-order valence-electron chi connectivity index (χ0n) is 17.4. The maximum Gasteiger partial charge on any atom is 0.261 e. The molecular formula is C25H21ClN2O4. The normalized spacial score (nSPS) is 15.7. The fraction of sp³-hybridized carbons (Fsp3) is 0.160. The van der Waals surface area contributed by atoms with E-state index < -0.39 is 5.92 Å². The van der Waals surface area contributed by atoms with E-state index in [9.17, 15) is 9.59 Å². The van der Waals surface area contributed by atoms with Crippen LogP contribution in [0.2, 0.25) is 5.02 Å². The summed E-state index contributed by atoms with van der Waals surface area (Å²) in [4.78, 5) is 32.9. The number of benzene rings is 3. The number of nitrogens with zero attached hydrogens (tertiary/aromatic N) is 2. The van der Waals surface area contributed by atoms with Crippen LogP contribution < -0.4 is 4.74 Å². The summed E-state index contributed by atoms with van der Waals surface area (Å²) in [5, 5.41) is 4.66. The highest BCUT2D eigenvalue weighted by Gasteiger charge is 2.37. The zero-order chi connectivity index (χ0) is 22.5. The minimum Gasteiger partial charge on any atom is -0.497 e. The number of methoxy groups -OCH3 is 1. The molecule has 0 saturated heterocycles. The number of rotatable bonds is 7. The molecule has 0 fully saturated rings. The number of hydrogen-bond donors (Lipinski definition) is 0. The van der Waals surface area contributed by atoms with Crippen molar-refractivity contribution in [2.75, 3.05) is 7.11 Å². The van der Waals surface area contributed by atoms with Crippen LogP contribution in [0.1, 0.15) is 33.0 Å². The first-order chi connectivity index (χ1) is 15.6. The fourth-order valence-electron chi connectivity index (χ4n) is 3.51. The lowest BCUT2D eigenvalue weighted by atomic mass is 9.89. The van der Waals surface area contributed by atoms with Gasteiger partial charge in [-0.15, -0.1) is 0 Å². The molecule has 0 N–H and O–H groups in total. The van der Waals surface area contributed by atoms with Crippen molar-refractivity contribution in [2.45, 2.75) is 19.1 Å². The molecular weight excluding hydrogens is 428 g/mol. The second-order valence-electron chi connectivity index (χ2n) is 7.30. The minimum atomic E-state index is -0.715. The highest BCUT2D eigenvalue weighted by molar-refractivity contribution is 6.30. The molecule has 2 amide bonds. The Bertz CT molecular complexity index is 1140. The Morgan fingerprint density at radius 3 is 2.38 bits per heavy atom.